The number of halogens is 3. The molecule has 14 heteroatoms. The number of carbonyl (C=O) groups excluding carboxylic acids is 2. The predicted octanol–water partition coefficient (Wildman–Crippen LogP) is 4.28. The zero-order valence-corrected chi connectivity index (χ0v) is 22.4. The van der Waals surface area contributed by atoms with Crippen LogP contribution in [-0.2, 0) is 15.3 Å². The quantitative estimate of drug-likeness (QED) is 0.225. The smallest absolute Gasteiger partial charge is 0.466 e. The maximum atomic E-state index is 13.6. The second-order valence-corrected chi connectivity index (χ2v) is 9.85. The summed E-state index contributed by atoms with van der Waals surface area (Å²) in [5, 5.41) is 8.78. The Balaban J connectivity index is 1.64. The van der Waals surface area contributed by atoms with Gasteiger partial charge in [-0.05, 0) is 63.9 Å². The zero-order chi connectivity index (χ0) is 28.2. The summed E-state index contributed by atoms with van der Waals surface area (Å²) < 4.78 is 48.3. The molecule has 1 unspecified atom stereocenters. The van der Waals surface area contributed by atoms with Crippen LogP contribution in [0.1, 0.15) is 47.3 Å². The Morgan fingerprint density at radius 3 is 2.46 bits per heavy atom. The third kappa shape index (κ3) is 7.25. The molecule has 1 fully saturated rings. The van der Waals surface area contributed by atoms with E-state index in [0.717, 1.165) is 23.5 Å². The normalized spacial score (nSPS) is 15.7. The van der Waals surface area contributed by atoms with Crippen molar-refractivity contribution < 1.29 is 32.2 Å². The van der Waals surface area contributed by atoms with Crippen LogP contribution in [0.15, 0.2) is 35.5 Å². The van der Waals surface area contributed by atoms with Gasteiger partial charge >= 0.3 is 12.3 Å². The van der Waals surface area contributed by atoms with E-state index in [9.17, 15) is 22.8 Å². The largest absolute Gasteiger partial charge is 0.573 e. The predicted molar refractivity (Wildman–Crippen MR) is 134 cm³/mol. The molecule has 1 aliphatic rings. The second kappa shape index (κ2) is 12.0. The first kappa shape index (κ1) is 28.3. The molecule has 39 heavy (non-hydrogen) atoms. The highest BCUT2D eigenvalue weighted by Crippen LogP contribution is 2.28. The molecule has 0 radical (unpaired) electrons. The van der Waals surface area contributed by atoms with E-state index in [4.69, 9.17) is 4.74 Å². The Morgan fingerprint density at radius 1 is 1.13 bits per heavy atom. The fourth-order valence-electron chi connectivity index (χ4n) is 4.25. The first-order valence-electron chi connectivity index (χ1n) is 12.3. The van der Waals surface area contributed by atoms with Gasteiger partial charge in [-0.25, -0.2) is 14.6 Å². The number of aromatic nitrogens is 5. The van der Waals surface area contributed by atoms with Crippen LogP contribution < -0.4 is 4.74 Å². The average molecular weight is 565 g/mol. The van der Waals surface area contributed by atoms with Crippen LogP contribution in [0, 0.1) is 19.8 Å². The molecule has 1 atom stereocenters. The van der Waals surface area contributed by atoms with Crippen LogP contribution in [-0.4, -0.2) is 67.8 Å². The summed E-state index contributed by atoms with van der Waals surface area (Å²) in [5.74, 6) is -1.36. The summed E-state index contributed by atoms with van der Waals surface area (Å²) in [7, 11) is 0. The number of thioether (sulfide) groups is 1. The molecule has 0 bridgehead atoms. The lowest BCUT2D eigenvalue weighted by atomic mass is 9.98. The summed E-state index contributed by atoms with van der Waals surface area (Å²) in [6.07, 6.45) is -3.57. The first-order valence-corrected chi connectivity index (χ1v) is 13.2. The van der Waals surface area contributed by atoms with E-state index in [2.05, 4.69) is 25.0 Å². The van der Waals surface area contributed by atoms with Crippen molar-refractivity contribution in [2.45, 2.75) is 50.9 Å². The molecule has 0 N–H and O–H groups in total. The van der Waals surface area contributed by atoms with Crippen LogP contribution >= 0.6 is 11.8 Å². The van der Waals surface area contributed by atoms with Crippen molar-refractivity contribution in [3.63, 3.8) is 0 Å². The van der Waals surface area contributed by atoms with E-state index in [1.165, 1.54) is 28.6 Å². The second-order valence-electron chi connectivity index (χ2n) is 8.90. The fourth-order valence-corrected chi connectivity index (χ4v) is 5.19. The standard InChI is InChI=1S/C25H27F3N6O4S/c1-4-37-23(36)17-6-5-11-33(13-17)22(35)21-20(14-39-24-29-15(2)12-16(3)30-24)34(32-31-21)18-7-9-19(10-8-18)38-25(26,27)28/h7-10,12,17H,4-6,11,13-14H2,1-3H3. The Bertz CT molecular complexity index is 1310. The number of likely N-dealkylation sites (tertiary alicyclic amines) is 1. The number of esters is 1. The fraction of sp³-hybridized carbons (Fsp3) is 0.440. The van der Waals surface area contributed by atoms with E-state index < -0.39 is 18.2 Å². The lowest BCUT2D eigenvalue weighted by Gasteiger charge is -2.31. The maximum absolute atomic E-state index is 13.6. The van der Waals surface area contributed by atoms with Crippen molar-refractivity contribution in [2.24, 2.45) is 5.92 Å². The van der Waals surface area contributed by atoms with E-state index >= 15 is 0 Å². The minimum Gasteiger partial charge on any atom is -0.466 e. The van der Waals surface area contributed by atoms with Gasteiger partial charge in [-0.2, -0.15) is 0 Å². The summed E-state index contributed by atoms with van der Waals surface area (Å²) in [6, 6.07) is 6.94. The Labute approximate surface area is 226 Å². The van der Waals surface area contributed by atoms with Gasteiger partial charge in [0.25, 0.3) is 5.91 Å². The highest BCUT2D eigenvalue weighted by molar-refractivity contribution is 7.98. The summed E-state index contributed by atoms with van der Waals surface area (Å²) >= 11 is 1.28. The van der Waals surface area contributed by atoms with Crippen LogP contribution in [0.5, 0.6) is 5.75 Å². The number of piperidine rings is 1. The number of aryl methyl sites for hydroxylation is 2. The summed E-state index contributed by atoms with van der Waals surface area (Å²) in [6.45, 7) is 6.32. The monoisotopic (exact) mass is 564 g/mol. The van der Waals surface area contributed by atoms with Gasteiger partial charge in [0.2, 0.25) is 0 Å². The molecule has 0 aliphatic carbocycles. The molecule has 0 spiro atoms. The maximum Gasteiger partial charge on any atom is 0.573 e. The number of amides is 1. The van der Waals surface area contributed by atoms with Gasteiger partial charge in [-0.3, -0.25) is 9.59 Å². The lowest BCUT2D eigenvalue weighted by Crippen LogP contribution is -2.43. The van der Waals surface area contributed by atoms with Crippen LogP contribution in [0.2, 0.25) is 0 Å². The molecular weight excluding hydrogens is 537 g/mol. The number of nitrogens with zero attached hydrogens (tertiary/aromatic N) is 6. The highest BCUT2D eigenvalue weighted by Gasteiger charge is 2.33. The summed E-state index contributed by atoms with van der Waals surface area (Å²) in [4.78, 5) is 36.3. The average Bonchev–Trinajstić information content (AvgIpc) is 3.30. The SMILES string of the molecule is CCOC(=O)C1CCCN(C(=O)c2nnn(-c3ccc(OC(F)(F)F)cc3)c2CSc2nc(C)cc(C)n2)C1. The lowest BCUT2D eigenvalue weighted by molar-refractivity contribution is -0.274. The van der Waals surface area contributed by atoms with Gasteiger partial charge in [-0.15, -0.1) is 18.3 Å². The number of alkyl halides is 3. The number of benzene rings is 1. The van der Waals surface area contributed by atoms with Gasteiger partial charge in [0.15, 0.2) is 10.9 Å². The number of rotatable bonds is 8. The third-order valence-electron chi connectivity index (χ3n) is 5.91. The molecule has 10 nitrogen and oxygen atoms in total. The van der Waals surface area contributed by atoms with Crippen molar-refractivity contribution in [1.29, 1.82) is 0 Å². The third-order valence-corrected chi connectivity index (χ3v) is 6.77. The highest BCUT2D eigenvalue weighted by atomic mass is 32.2. The van der Waals surface area contributed by atoms with Crippen molar-refractivity contribution in [3.05, 3.63) is 53.1 Å². The van der Waals surface area contributed by atoms with Crippen LogP contribution in [0.3, 0.4) is 0 Å². The Morgan fingerprint density at radius 2 is 1.82 bits per heavy atom. The van der Waals surface area contributed by atoms with E-state index in [1.807, 2.05) is 19.9 Å². The summed E-state index contributed by atoms with van der Waals surface area (Å²) in [5.41, 5.74) is 2.44. The first-order chi connectivity index (χ1) is 18.5. The van der Waals surface area contributed by atoms with Gasteiger partial charge < -0.3 is 14.4 Å². The van der Waals surface area contributed by atoms with Crippen LogP contribution in [0.4, 0.5) is 13.2 Å². The molecule has 3 heterocycles. The van der Waals surface area contributed by atoms with E-state index in [0.29, 0.717) is 35.9 Å². The van der Waals surface area contributed by atoms with Gasteiger partial charge in [0, 0.05) is 30.2 Å². The van der Waals surface area contributed by atoms with Gasteiger partial charge in [0.05, 0.1) is 23.9 Å². The molecule has 2 aromatic heterocycles. The minimum absolute atomic E-state index is 0.0759. The molecule has 4 rings (SSSR count). The Kier molecular flexibility index (Phi) is 8.73. The zero-order valence-electron chi connectivity index (χ0n) is 21.6. The van der Waals surface area contributed by atoms with Crippen molar-refractivity contribution in [3.8, 4) is 11.4 Å². The molecule has 1 amide bonds. The molecule has 3 aromatic rings. The number of hydrogen-bond acceptors (Lipinski definition) is 9. The molecule has 0 saturated carbocycles. The van der Waals surface area contributed by atoms with Gasteiger partial charge in [0.1, 0.15) is 5.75 Å². The topological polar surface area (TPSA) is 112 Å². The van der Waals surface area contributed by atoms with E-state index in [-0.39, 0.29) is 36.3 Å². The molecule has 1 aliphatic heterocycles. The van der Waals surface area contributed by atoms with Crippen molar-refractivity contribution >= 4 is 23.6 Å². The van der Waals surface area contributed by atoms with Crippen molar-refractivity contribution in [2.75, 3.05) is 19.7 Å². The van der Waals surface area contributed by atoms with Crippen LogP contribution in [0.25, 0.3) is 5.69 Å². The van der Waals surface area contributed by atoms with Gasteiger partial charge in [-0.1, -0.05) is 17.0 Å². The van der Waals surface area contributed by atoms with Crippen molar-refractivity contribution in [1.82, 2.24) is 29.9 Å². The van der Waals surface area contributed by atoms with E-state index in [1.54, 1.807) is 11.8 Å². The molecule has 1 aromatic carbocycles. The minimum atomic E-state index is -4.82. The number of ether oxygens (including phenoxy) is 2. The Hall–Kier alpha value is -3.68. The number of hydrogen-bond donors (Lipinski definition) is 0. The molecule has 208 valence electrons. The molecular formula is C25H27F3N6O4S. The number of carbonyl (C=O) groups is 2. The molecule has 1 saturated heterocycles.